The molecule has 0 radical (unpaired) electrons. The Bertz CT molecular complexity index is 6700. The van der Waals surface area contributed by atoms with Crippen molar-refractivity contribution in [1.29, 1.82) is 0 Å². The topological polar surface area (TPSA) is 11.6 Å². The second kappa shape index (κ2) is 29.1. The second-order valence-electron chi connectivity index (χ2n) is 29.5. The first-order valence-corrected chi connectivity index (χ1v) is 37.8. The minimum absolute atomic E-state index is 0. The quantitative estimate of drug-likeness (QED) is 0.147. The number of benzene rings is 9. The van der Waals surface area contributed by atoms with Gasteiger partial charge in [0, 0.05) is 91.9 Å². The van der Waals surface area contributed by atoms with E-state index in [1.54, 1.807) is 89.0 Å². The molecule has 0 amide bonds. The van der Waals surface area contributed by atoms with Crippen molar-refractivity contribution in [3.8, 4) is 33.8 Å². The summed E-state index contributed by atoms with van der Waals surface area (Å²) >= 11 is 4.72. The highest BCUT2D eigenvalue weighted by molar-refractivity contribution is 7.27. The Kier molecular flexibility index (Phi) is 14.4. The largest absolute Gasteiger partial charge is 0.230 e. The van der Waals surface area contributed by atoms with E-state index in [1.807, 2.05) is 73.8 Å². The van der Waals surface area contributed by atoms with Crippen LogP contribution in [0.1, 0.15) is 233 Å². The van der Waals surface area contributed by atoms with Crippen LogP contribution < -0.4 is 13.7 Å². The van der Waals surface area contributed by atoms with Crippen molar-refractivity contribution in [2.45, 2.75) is 199 Å². The van der Waals surface area contributed by atoms with Crippen molar-refractivity contribution in [1.82, 2.24) is 0 Å². The number of rotatable bonds is 6. The Morgan fingerprint density at radius 3 is 0.961 bits per heavy atom. The fraction of sp³-hybridized carbons (Fsp3) is 0.351. The molecule has 18 rings (SSSR count). The van der Waals surface area contributed by atoms with E-state index in [9.17, 15) is 1.37 Å². The number of thiophene rings is 3. The summed E-state index contributed by atoms with van der Waals surface area (Å²) in [6.07, 6.45) is 17.8. The average molecular weight is 1440 g/mol. The lowest BCUT2D eigenvalue weighted by molar-refractivity contribution is -0.659. The lowest BCUT2D eigenvalue weighted by Crippen LogP contribution is -2.31. The van der Waals surface area contributed by atoms with Gasteiger partial charge in [-0.15, -0.1) is 34.0 Å². The Balaban J connectivity index is 0.000000158. The Morgan fingerprint density at radius 2 is 0.660 bits per heavy atom. The molecule has 9 aromatic carbocycles. The van der Waals surface area contributed by atoms with Crippen LogP contribution in [0.4, 0.5) is 0 Å². The van der Waals surface area contributed by atoms with Gasteiger partial charge in [-0.25, -0.2) is 0 Å². The summed E-state index contributed by atoms with van der Waals surface area (Å²) in [5.41, 5.74) is 12.8. The zero-order valence-corrected chi connectivity index (χ0v) is 60.8. The zero-order chi connectivity index (χ0) is 86.9. The maximum absolute atomic E-state index is 9.30. The molecule has 6 aromatic heterocycles. The van der Waals surface area contributed by atoms with Gasteiger partial charge in [0.1, 0.15) is 35.2 Å². The Labute approximate surface area is 656 Å². The highest BCUT2D eigenvalue weighted by Gasteiger charge is 2.30. The summed E-state index contributed by atoms with van der Waals surface area (Å²) in [6.45, 7) is -3.27. The lowest BCUT2D eigenvalue weighted by Gasteiger charge is -2.34. The van der Waals surface area contributed by atoms with E-state index in [0.29, 0.717) is 16.7 Å². The molecule has 3 aliphatic carbocycles. The molecule has 0 N–H and O–H groups in total. The number of fused-ring (bicyclic) bond motifs is 12. The van der Waals surface area contributed by atoms with Crippen LogP contribution in [0.25, 0.3) is 127 Å². The third kappa shape index (κ3) is 13.7. The van der Waals surface area contributed by atoms with Crippen molar-refractivity contribution in [3.63, 3.8) is 0 Å². The standard InChI is InChI=1S/C33H36NS.C31H32NS.C30H30NS.3CH4/c1-20-7-10-27(21(2)15-20)31-32-30(22(3)19-34(31)6)28-17-26-16-24(8-9-25(26)18-29(28)35-32)23-11-13-33(4,5)14-12-23;1-19-10-13-26(20(2)14-19)30-31-29(21(3)18-32(30)4)27-16-25-15-23(22-8-6-5-7-9-22)11-12-24(25)17-28(27)33-31;1-18-9-12-25(19(2)13-18)29-30-28(20(3)17-31(29)4)26-15-24-14-22(21-7-5-6-8-21)10-11-23(24)16-27(26)32-30;;;/h7-10,15-19,23H,11-14H2,1-6H3;10-18,22H,5-9H2,1-4H3;9-17,21H,5-8H2,1-4H3;3*1H4/q3*+1;;;/i1D3,3D3,23D;1D3,3D3,22D;1D3,3D3,21D;;;. The molecule has 528 valence electrons. The summed E-state index contributed by atoms with van der Waals surface area (Å²) in [5, 5.41) is 11.1. The SMILES string of the molecule is C.C.C.[2H]C([2H])([2H])c1ccc(-c2c3sc4cc5ccc(C6([2H])CCC(C)(C)CC6)cc5cc4c3c(C([2H])([2H])[2H])c[n+]2C)c(C)c1.[2H]C([2H])([2H])c1ccc(-c2c3sc4cc5ccc(C6([2H])CCCC6)cc5cc4c3c(C([2H])([2H])[2H])c[n+]2C)c(C)c1.[2H]C([2H])([2H])c1ccc(-c2c3sc4cc5ccc(C6([2H])CCCCC6)cc5cc4c3c(C([2H])([2H])[2H])c[n+]2C)c(C)c1. The van der Waals surface area contributed by atoms with E-state index in [1.165, 1.54) is 6.42 Å². The smallest absolute Gasteiger partial charge is 0.200 e. The van der Waals surface area contributed by atoms with Gasteiger partial charge in [-0.3, -0.25) is 0 Å². The predicted octanol–water partition coefficient (Wildman–Crippen LogP) is 28.2. The van der Waals surface area contributed by atoms with Crippen molar-refractivity contribution < 1.29 is 42.5 Å². The first-order valence-electron chi connectivity index (χ1n) is 45.8. The summed E-state index contributed by atoms with van der Waals surface area (Å²) < 4.78 is 184. The molecular formula is C97H110N3S3+3. The first-order chi connectivity index (χ1) is 56.5. The monoisotopic (exact) mass is 1430 g/mol. The van der Waals surface area contributed by atoms with Gasteiger partial charge in [0.05, 0.1) is 16.7 Å². The summed E-state index contributed by atoms with van der Waals surface area (Å²) in [7, 11) is 5.56. The van der Waals surface area contributed by atoms with Gasteiger partial charge >= 0.3 is 0 Å². The van der Waals surface area contributed by atoms with Crippen LogP contribution in [-0.2, 0) is 21.1 Å². The first kappa shape index (κ1) is 51.1. The molecule has 6 heterocycles. The average Bonchev–Trinajstić information content (AvgIpc) is 1.44. The molecular weight excluding hydrogens is 1300 g/mol. The lowest BCUT2D eigenvalue weighted by atomic mass is 9.71. The predicted molar refractivity (Wildman–Crippen MR) is 455 cm³/mol. The number of nitrogens with zero attached hydrogens (tertiary/aromatic N) is 3. The maximum Gasteiger partial charge on any atom is 0.230 e. The molecule has 3 aliphatic rings. The minimum Gasteiger partial charge on any atom is -0.200 e. The van der Waals surface area contributed by atoms with Crippen LogP contribution in [0.15, 0.2) is 164 Å². The van der Waals surface area contributed by atoms with E-state index in [2.05, 4.69) is 105 Å². The van der Waals surface area contributed by atoms with Crippen molar-refractivity contribution in [2.24, 2.45) is 26.6 Å². The molecule has 0 unspecified atom stereocenters. The van der Waals surface area contributed by atoms with E-state index in [4.69, 9.17) is 27.4 Å². The molecule has 0 saturated heterocycles. The number of pyridine rings is 3. The van der Waals surface area contributed by atoms with E-state index < -0.39 is 58.8 Å². The third-order valence-electron chi connectivity index (χ3n) is 22.0. The molecule has 103 heavy (non-hydrogen) atoms. The van der Waals surface area contributed by atoms with Crippen LogP contribution in [0, 0.1) is 67.3 Å². The van der Waals surface area contributed by atoms with E-state index >= 15 is 0 Å². The molecule has 3 fully saturated rings. The fourth-order valence-corrected chi connectivity index (χ4v) is 20.6. The van der Waals surface area contributed by atoms with Crippen LogP contribution >= 0.6 is 34.0 Å². The van der Waals surface area contributed by atoms with E-state index in [0.717, 1.165) is 237 Å². The van der Waals surface area contributed by atoms with Gasteiger partial charge in [0.15, 0.2) is 18.6 Å². The van der Waals surface area contributed by atoms with Gasteiger partial charge in [-0.1, -0.05) is 176 Å². The van der Waals surface area contributed by atoms with Gasteiger partial charge in [-0.05, 0) is 257 Å². The summed E-state index contributed by atoms with van der Waals surface area (Å²) in [6, 6.07) is 47.2. The molecule has 0 atom stereocenters. The van der Waals surface area contributed by atoms with Crippen LogP contribution in [0.2, 0.25) is 0 Å². The third-order valence-corrected chi connectivity index (χ3v) is 25.4. The maximum atomic E-state index is 9.30. The number of aromatic nitrogens is 3. The van der Waals surface area contributed by atoms with Crippen LogP contribution in [0.5, 0.6) is 0 Å². The Hall–Kier alpha value is -8.13. The van der Waals surface area contributed by atoms with Crippen molar-refractivity contribution in [2.75, 3.05) is 0 Å². The molecule has 6 heteroatoms. The van der Waals surface area contributed by atoms with Gasteiger partial charge < -0.3 is 0 Å². The van der Waals surface area contributed by atoms with Crippen molar-refractivity contribution >= 4 is 127 Å². The van der Waals surface area contributed by atoms with E-state index in [-0.39, 0.29) is 44.4 Å². The minimum atomic E-state index is -2.32. The van der Waals surface area contributed by atoms with Gasteiger partial charge in [0.25, 0.3) is 0 Å². The highest BCUT2D eigenvalue weighted by atomic mass is 32.1. The number of aryl methyl sites for hydroxylation is 12. The molecule has 0 bridgehead atoms. The summed E-state index contributed by atoms with van der Waals surface area (Å²) in [5.74, 6) is -1.73. The molecule has 0 spiro atoms. The fourth-order valence-electron chi connectivity index (χ4n) is 16.5. The number of hydrogen-bond donors (Lipinski definition) is 0. The zero-order valence-electron chi connectivity index (χ0n) is 79.3. The van der Waals surface area contributed by atoms with Gasteiger partial charge in [-0.2, -0.15) is 13.7 Å². The second-order valence-corrected chi connectivity index (χ2v) is 32.6. The number of hydrogen-bond acceptors (Lipinski definition) is 3. The van der Waals surface area contributed by atoms with Crippen LogP contribution in [-0.4, -0.2) is 0 Å². The highest BCUT2D eigenvalue weighted by Crippen LogP contribution is 2.49. The van der Waals surface area contributed by atoms with Gasteiger partial charge in [0.2, 0.25) is 17.1 Å². The van der Waals surface area contributed by atoms with Crippen molar-refractivity contribution in [3.05, 3.63) is 231 Å². The molecule has 0 aliphatic heterocycles. The van der Waals surface area contributed by atoms with Crippen LogP contribution in [0.3, 0.4) is 0 Å². The molecule has 3 saturated carbocycles. The normalized spacial score (nSPS) is 19.7. The Morgan fingerprint density at radius 1 is 0.350 bits per heavy atom. The molecule has 3 nitrogen and oxygen atoms in total. The molecule has 15 aromatic rings. The summed E-state index contributed by atoms with van der Waals surface area (Å²) in [4.78, 5) is 0.